The summed E-state index contributed by atoms with van der Waals surface area (Å²) in [7, 11) is 0. The molecule has 1 atom stereocenters. The number of benzene rings is 1. The molecule has 2 rings (SSSR count). The molecule has 21 heavy (non-hydrogen) atoms. The Kier molecular flexibility index (Phi) is 7.77. The molecule has 0 spiro atoms. The van der Waals surface area contributed by atoms with Gasteiger partial charge in [0.15, 0.2) is 17.5 Å². The third kappa shape index (κ3) is 6.07. The molecule has 0 radical (unpaired) electrons. The van der Waals surface area contributed by atoms with Crippen molar-refractivity contribution < 1.29 is 9.13 Å². The molecule has 1 aromatic rings. The van der Waals surface area contributed by atoms with Crippen molar-refractivity contribution in [1.82, 2.24) is 5.32 Å². The number of nitrogens with one attached hydrogen (secondary N) is 1. The van der Waals surface area contributed by atoms with Crippen LogP contribution in [-0.2, 0) is 0 Å². The van der Waals surface area contributed by atoms with Crippen LogP contribution < -0.4 is 15.8 Å². The number of guanidine groups is 1. The normalized spacial score (nSPS) is 16.6. The number of ether oxygens (including phenoxy) is 1. The lowest BCUT2D eigenvalue weighted by molar-refractivity contribution is 0.220. The van der Waals surface area contributed by atoms with Gasteiger partial charge in [0, 0.05) is 6.54 Å². The van der Waals surface area contributed by atoms with Crippen molar-refractivity contribution in [3.63, 3.8) is 0 Å². The standard InChI is InChI=1S/C15H22FN3O.HI/c1-11(20-14-8-3-2-7-13(14)16)9-18-15(17)19-10-12-5-4-6-12;/h2-3,7-8,11-12H,4-6,9-10H2,1H3,(H3,17,18,19);1H. The molecule has 0 heterocycles. The first kappa shape index (κ1) is 18.0. The second-order valence-corrected chi connectivity index (χ2v) is 5.26. The van der Waals surface area contributed by atoms with Gasteiger partial charge in [0.2, 0.25) is 0 Å². The Morgan fingerprint density at radius 1 is 1.48 bits per heavy atom. The zero-order valence-electron chi connectivity index (χ0n) is 12.2. The zero-order chi connectivity index (χ0) is 14.4. The summed E-state index contributed by atoms with van der Waals surface area (Å²) in [6, 6.07) is 6.35. The highest BCUT2D eigenvalue weighted by Gasteiger charge is 2.16. The van der Waals surface area contributed by atoms with Crippen molar-refractivity contribution in [2.75, 3.05) is 13.1 Å². The summed E-state index contributed by atoms with van der Waals surface area (Å²) < 4.78 is 18.9. The van der Waals surface area contributed by atoms with E-state index in [1.54, 1.807) is 18.2 Å². The summed E-state index contributed by atoms with van der Waals surface area (Å²) in [6.45, 7) is 3.13. The molecular formula is C15H23FIN3O. The van der Waals surface area contributed by atoms with Gasteiger partial charge in [-0.3, -0.25) is 0 Å². The molecule has 0 saturated heterocycles. The van der Waals surface area contributed by atoms with E-state index in [1.807, 2.05) is 6.92 Å². The summed E-state index contributed by atoms with van der Waals surface area (Å²) in [6.07, 6.45) is 3.63. The highest BCUT2D eigenvalue weighted by molar-refractivity contribution is 14.0. The van der Waals surface area contributed by atoms with E-state index in [9.17, 15) is 4.39 Å². The predicted octanol–water partition coefficient (Wildman–Crippen LogP) is 2.92. The van der Waals surface area contributed by atoms with E-state index in [1.165, 1.54) is 25.3 Å². The van der Waals surface area contributed by atoms with E-state index >= 15 is 0 Å². The Morgan fingerprint density at radius 2 is 2.19 bits per heavy atom. The average molecular weight is 407 g/mol. The number of hydrogen-bond donors (Lipinski definition) is 2. The van der Waals surface area contributed by atoms with Crippen molar-refractivity contribution in [2.24, 2.45) is 16.6 Å². The van der Waals surface area contributed by atoms with E-state index in [0.29, 0.717) is 12.5 Å². The van der Waals surface area contributed by atoms with Gasteiger partial charge in [-0.2, -0.15) is 0 Å². The molecule has 1 aromatic carbocycles. The van der Waals surface area contributed by atoms with Gasteiger partial charge in [0.1, 0.15) is 6.10 Å². The molecule has 0 aromatic heterocycles. The maximum atomic E-state index is 13.4. The van der Waals surface area contributed by atoms with Crippen molar-refractivity contribution in [2.45, 2.75) is 32.3 Å². The third-order valence-electron chi connectivity index (χ3n) is 3.48. The number of rotatable bonds is 6. The lowest BCUT2D eigenvalue weighted by atomic mass is 9.85. The SMILES string of the molecule is CC(CN=C(N)NCC1CCC1)Oc1ccccc1F.I. The van der Waals surface area contributed by atoms with E-state index in [2.05, 4.69) is 10.3 Å². The van der Waals surface area contributed by atoms with Gasteiger partial charge < -0.3 is 15.8 Å². The summed E-state index contributed by atoms with van der Waals surface area (Å²) in [5.74, 6) is 1.05. The molecule has 0 bridgehead atoms. The number of nitrogens with zero attached hydrogens (tertiary/aromatic N) is 1. The fourth-order valence-corrected chi connectivity index (χ4v) is 2.02. The van der Waals surface area contributed by atoms with Crippen molar-refractivity contribution in [1.29, 1.82) is 0 Å². The highest BCUT2D eigenvalue weighted by Crippen LogP contribution is 2.25. The number of hydrogen-bond acceptors (Lipinski definition) is 2. The molecule has 1 fully saturated rings. The van der Waals surface area contributed by atoms with Gasteiger partial charge in [0.25, 0.3) is 0 Å². The summed E-state index contributed by atoms with van der Waals surface area (Å²) in [5.41, 5.74) is 5.78. The first-order valence-corrected chi connectivity index (χ1v) is 7.10. The molecule has 0 aliphatic heterocycles. The van der Waals surface area contributed by atoms with Gasteiger partial charge in [0.05, 0.1) is 6.54 Å². The number of halogens is 2. The topological polar surface area (TPSA) is 59.6 Å². The Balaban J connectivity index is 0.00000220. The van der Waals surface area contributed by atoms with E-state index < -0.39 is 0 Å². The van der Waals surface area contributed by atoms with Crippen LogP contribution in [0, 0.1) is 11.7 Å². The van der Waals surface area contributed by atoms with Crippen LogP contribution in [0.15, 0.2) is 29.3 Å². The first-order valence-electron chi connectivity index (χ1n) is 7.10. The smallest absolute Gasteiger partial charge is 0.188 e. The predicted molar refractivity (Wildman–Crippen MR) is 93.7 cm³/mol. The molecule has 4 nitrogen and oxygen atoms in total. The largest absolute Gasteiger partial charge is 0.486 e. The van der Waals surface area contributed by atoms with Gasteiger partial charge in [-0.15, -0.1) is 24.0 Å². The minimum absolute atomic E-state index is 0. The average Bonchev–Trinajstić information content (AvgIpc) is 2.37. The second-order valence-electron chi connectivity index (χ2n) is 5.26. The number of nitrogens with two attached hydrogens (primary N) is 1. The maximum Gasteiger partial charge on any atom is 0.188 e. The second kappa shape index (κ2) is 9.07. The van der Waals surface area contributed by atoms with Gasteiger partial charge in [-0.25, -0.2) is 9.38 Å². The molecular weight excluding hydrogens is 384 g/mol. The summed E-state index contributed by atoms with van der Waals surface area (Å²) in [4.78, 5) is 4.22. The molecule has 1 unspecified atom stereocenters. The van der Waals surface area contributed by atoms with Crippen LogP contribution in [0.25, 0.3) is 0 Å². The van der Waals surface area contributed by atoms with E-state index in [0.717, 1.165) is 12.5 Å². The van der Waals surface area contributed by atoms with Gasteiger partial charge in [-0.1, -0.05) is 18.6 Å². The minimum atomic E-state index is -0.362. The Labute approximate surface area is 142 Å². The van der Waals surface area contributed by atoms with Crippen molar-refractivity contribution in [3.05, 3.63) is 30.1 Å². The van der Waals surface area contributed by atoms with Crippen LogP contribution in [0.2, 0.25) is 0 Å². The van der Waals surface area contributed by atoms with E-state index in [4.69, 9.17) is 10.5 Å². The monoisotopic (exact) mass is 407 g/mol. The molecule has 118 valence electrons. The van der Waals surface area contributed by atoms with Gasteiger partial charge >= 0.3 is 0 Å². The Morgan fingerprint density at radius 3 is 2.81 bits per heavy atom. The van der Waals surface area contributed by atoms with Crippen LogP contribution >= 0.6 is 24.0 Å². The lowest BCUT2D eigenvalue weighted by Gasteiger charge is -2.25. The fourth-order valence-electron chi connectivity index (χ4n) is 2.02. The zero-order valence-corrected chi connectivity index (χ0v) is 14.5. The molecule has 1 aliphatic carbocycles. The minimum Gasteiger partial charge on any atom is -0.486 e. The van der Waals surface area contributed by atoms with Crippen molar-refractivity contribution >= 4 is 29.9 Å². The fraction of sp³-hybridized carbons (Fsp3) is 0.533. The van der Waals surface area contributed by atoms with E-state index in [-0.39, 0.29) is 41.6 Å². The molecule has 1 saturated carbocycles. The van der Waals surface area contributed by atoms with Crippen LogP contribution in [0.1, 0.15) is 26.2 Å². The molecule has 3 N–H and O–H groups in total. The molecule has 6 heteroatoms. The summed E-state index contributed by atoms with van der Waals surface area (Å²) >= 11 is 0. The molecule has 1 aliphatic rings. The van der Waals surface area contributed by atoms with Gasteiger partial charge in [-0.05, 0) is 37.8 Å². The lowest BCUT2D eigenvalue weighted by Crippen LogP contribution is -2.38. The maximum absolute atomic E-state index is 13.4. The van der Waals surface area contributed by atoms with Crippen LogP contribution in [0.3, 0.4) is 0 Å². The third-order valence-corrected chi connectivity index (χ3v) is 3.48. The van der Waals surface area contributed by atoms with Crippen LogP contribution in [0.5, 0.6) is 5.75 Å². The quantitative estimate of drug-likeness (QED) is 0.433. The molecule has 0 amide bonds. The van der Waals surface area contributed by atoms with Crippen LogP contribution in [0.4, 0.5) is 4.39 Å². The summed E-state index contributed by atoms with van der Waals surface area (Å²) in [5, 5.41) is 3.11. The van der Waals surface area contributed by atoms with Crippen molar-refractivity contribution in [3.8, 4) is 5.75 Å². The highest BCUT2D eigenvalue weighted by atomic mass is 127. The van der Waals surface area contributed by atoms with Crippen LogP contribution in [-0.4, -0.2) is 25.2 Å². The number of aliphatic imine (C=N–C) groups is 1. The number of para-hydroxylation sites is 1. The Bertz CT molecular complexity index is 466. The Hall–Kier alpha value is -1.05. The first-order chi connectivity index (χ1) is 9.65.